The Morgan fingerprint density at radius 2 is 1.60 bits per heavy atom. The summed E-state index contributed by atoms with van der Waals surface area (Å²) in [5, 5.41) is 0. The highest BCUT2D eigenvalue weighted by molar-refractivity contribution is 5.32. The molecule has 2 fully saturated rings. The normalized spacial score (nSPS) is 23.7. The van der Waals surface area contributed by atoms with Crippen molar-refractivity contribution in [3.63, 3.8) is 0 Å². The van der Waals surface area contributed by atoms with Crippen LogP contribution >= 0.6 is 0 Å². The zero-order valence-electron chi connectivity index (χ0n) is 12.3. The van der Waals surface area contributed by atoms with E-state index in [0.29, 0.717) is 5.92 Å². The molecule has 0 aromatic heterocycles. The monoisotopic (exact) mass is 275 g/mol. The van der Waals surface area contributed by atoms with Gasteiger partial charge in [0.05, 0.1) is 0 Å². The molecule has 0 bridgehead atoms. The number of rotatable bonds is 2. The van der Waals surface area contributed by atoms with Crippen LogP contribution in [-0.4, -0.2) is 0 Å². The average Bonchev–Trinajstić information content (AvgIpc) is 2.49. The van der Waals surface area contributed by atoms with Crippen molar-refractivity contribution in [1.82, 2.24) is 0 Å². The van der Waals surface area contributed by atoms with E-state index in [0.717, 1.165) is 36.8 Å². The van der Waals surface area contributed by atoms with E-state index in [1.807, 2.05) is 6.07 Å². The fraction of sp³-hybridized carbons (Fsp3) is 0.667. The van der Waals surface area contributed by atoms with E-state index >= 15 is 0 Å². The molecule has 0 atom stereocenters. The lowest BCUT2D eigenvalue weighted by atomic mass is 9.76. The Labute approximate surface area is 121 Å². The molecule has 20 heavy (non-hydrogen) atoms. The van der Waals surface area contributed by atoms with E-state index in [2.05, 4.69) is 6.07 Å². The Balaban J connectivity index is 1.83. The minimum atomic E-state index is -0.288. The lowest BCUT2D eigenvalue weighted by molar-refractivity contribution is 0.301. The van der Waals surface area contributed by atoms with Crippen LogP contribution in [0.4, 0.5) is 4.39 Å². The molecule has 0 aliphatic heterocycles. The molecule has 1 nitrogen and oxygen atoms in total. The van der Waals surface area contributed by atoms with Crippen molar-refractivity contribution >= 4 is 0 Å². The van der Waals surface area contributed by atoms with Gasteiger partial charge in [-0.3, -0.25) is 0 Å². The maximum atomic E-state index is 14.5. The van der Waals surface area contributed by atoms with Gasteiger partial charge in [0.1, 0.15) is 5.82 Å². The molecule has 3 rings (SSSR count). The van der Waals surface area contributed by atoms with Gasteiger partial charge >= 0.3 is 0 Å². The van der Waals surface area contributed by atoms with Crippen molar-refractivity contribution in [1.29, 1.82) is 0 Å². The summed E-state index contributed by atoms with van der Waals surface area (Å²) in [7, 11) is 0. The number of hydrogen-bond acceptors (Lipinski definition) is 1. The van der Waals surface area contributed by atoms with Gasteiger partial charge in [-0.05, 0) is 48.8 Å². The van der Waals surface area contributed by atoms with Gasteiger partial charge in [-0.2, -0.15) is 0 Å². The highest BCUT2D eigenvalue weighted by atomic mass is 19.1. The van der Waals surface area contributed by atoms with E-state index in [4.69, 9.17) is 5.73 Å². The lowest BCUT2D eigenvalue weighted by Gasteiger charge is -2.34. The summed E-state index contributed by atoms with van der Waals surface area (Å²) in [5.41, 5.74) is 8.16. The van der Waals surface area contributed by atoms with Gasteiger partial charge in [-0.1, -0.05) is 50.7 Å². The van der Waals surface area contributed by atoms with Crippen molar-refractivity contribution in [2.24, 2.45) is 5.73 Å². The van der Waals surface area contributed by atoms with Crippen molar-refractivity contribution in [2.45, 2.75) is 75.7 Å². The quantitative estimate of drug-likeness (QED) is 0.808. The largest absolute Gasteiger partial charge is 0.321 e. The fourth-order valence-corrected chi connectivity index (χ4v) is 4.05. The van der Waals surface area contributed by atoms with E-state index in [-0.39, 0.29) is 11.4 Å². The summed E-state index contributed by atoms with van der Waals surface area (Å²) in [6, 6.07) is 5.84. The first-order valence-electron chi connectivity index (χ1n) is 8.28. The van der Waals surface area contributed by atoms with Gasteiger partial charge < -0.3 is 5.73 Å². The molecule has 0 spiro atoms. The Hall–Kier alpha value is -0.890. The number of halogens is 1. The minimum absolute atomic E-state index is 0.0233. The van der Waals surface area contributed by atoms with Crippen molar-refractivity contribution in [3.05, 3.63) is 35.1 Å². The van der Waals surface area contributed by atoms with Crippen LogP contribution in [0.15, 0.2) is 18.2 Å². The molecule has 0 unspecified atom stereocenters. The molecule has 1 aromatic carbocycles. The van der Waals surface area contributed by atoms with Crippen LogP contribution in [0, 0.1) is 5.82 Å². The summed E-state index contributed by atoms with van der Waals surface area (Å²) in [6.45, 7) is 0. The van der Waals surface area contributed by atoms with Crippen LogP contribution in [-0.2, 0) is 5.54 Å². The fourth-order valence-electron chi connectivity index (χ4n) is 4.05. The summed E-state index contributed by atoms with van der Waals surface area (Å²) in [5.74, 6) is 0.405. The average molecular weight is 275 g/mol. The van der Waals surface area contributed by atoms with Crippen LogP contribution in [0.25, 0.3) is 0 Å². The first kappa shape index (κ1) is 14.1. The molecule has 2 saturated carbocycles. The molecule has 1 aromatic rings. The van der Waals surface area contributed by atoms with Gasteiger partial charge in [0, 0.05) is 5.54 Å². The summed E-state index contributed by atoms with van der Waals surface area (Å²) < 4.78 is 14.5. The van der Waals surface area contributed by atoms with Crippen LogP contribution < -0.4 is 5.73 Å². The van der Waals surface area contributed by atoms with Crippen molar-refractivity contribution in [3.8, 4) is 0 Å². The molecule has 110 valence electrons. The molecule has 0 heterocycles. The highest BCUT2D eigenvalue weighted by Gasteiger charge is 2.30. The topological polar surface area (TPSA) is 26.0 Å². The SMILES string of the molecule is NC1(c2ccc(C3CCCCC3)c(F)c2)CCCCC1. The molecule has 2 aliphatic rings. The summed E-state index contributed by atoms with van der Waals surface area (Å²) >= 11 is 0. The van der Waals surface area contributed by atoms with Crippen LogP contribution in [0.5, 0.6) is 0 Å². The Morgan fingerprint density at radius 3 is 2.25 bits per heavy atom. The lowest BCUT2D eigenvalue weighted by Crippen LogP contribution is -2.38. The molecule has 2 heteroatoms. The third-order valence-corrected chi connectivity index (χ3v) is 5.37. The Kier molecular flexibility index (Phi) is 4.11. The Morgan fingerprint density at radius 1 is 0.950 bits per heavy atom. The van der Waals surface area contributed by atoms with E-state index in [1.54, 1.807) is 6.07 Å². The first-order valence-corrected chi connectivity index (χ1v) is 8.28. The minimum Gasteiger partial charge on any atom is -0.321 e. The zero-order chi connectivity index (χ0) is 14.0. The summed E-state index contributed by atoms with van der Waals surface area (Å²) in [6.07, 6.45) is 11.7. The standard InChI is InChI=1S/C18H26FN/c19-17-13-15(18(20)11-5-2-6-12-18)9-10-16(17)14-7-3-1-4-8-14/h9-10,13-14H,1-8,11-12,20H2. The van der Waals surface area contributed by atoms with Gasteiger partial charge in [-0.15, -0.1) is 0 Å². The number of benzene rings is 1. The molecule has 0 amide bonds. The van der Waals surface area contributed by atoms with E-state index in [9.17, 15) is 4.39 Å². The van der Waals surface area contributed by atoms with Crippen molar-refractivity contribution < 1.29 is 4.39 Å². The maximum absolute atomic E-state index is 14.5. The van der Waals surface area contributed by atoms with E-state index < -0.39 is 0 Å². The third kappa shape index (κ3) is 2.76. The second-order valence-electron chi connectivity index (χ2n) is 6.79. The zero-order valence-corrected chi connectivity index (χ0v) is 12.3. The molecule has 0 saturated heterocycles. The molecular formula is C18H26FN. The molecular weight excluding hydrogens is 249 g/mol. The predicted octanol–water partition coefficient (Wildman–Crippen LogP) is 4.99. The number of hydrogen-bond donors (Lipinski definition) is 1. The Bertz CT molecular complexity index is 456. The maximum Gasteiger partial charge on any atom is 0.127 e. The predicted molar refractivity (Wildman–Crippen MR) is 81.2 cm³/mol. The second kappa shape index (κ2) is 5.85. The van der Waals surface area contributed by atoms with E-state index in [1.165, 1.54) is 38.5 Å². The first-order chi connectivity index (χ1) is 9.69. The van der Waals surface area contributed by atoms with Crippen molar-refractivity contribution in [2.75, 3.05) is 0 Å². The summed E-state index contributed by atoms with van der Waals surface area (Å²) in [4.78, 5) is 0. The smallest absolute Gasteiger partial charge is 0.127 e. The number of nitrogens with two attached hydrogens (primary N) is 1. The molecule has 2 N–H and O–H groups in total. The molecule has 2 aliphatic carbocycles. The van der Waals surface area contributed by atoms with Gasteiger partial charge in [0.15, 0.2) is 0 Å². The molecule has 0 radical (unpaired) electrons. The van der Waals surface area contributed by atoms with Crippen LogP contribution in [0.3, 0.4) is 0 Å². The third-order valence-electron chi connectivity index (χ3n) is 5.37. The van der Waals surface area contributed by atoms with Crippen LogP contribution in [0.2, 0.25) is 0 Å². The van der Waals surface area contributed by atoms with Crippen LogP contribution in [0.1, 0.15) is 81.3 Å². The van der Waals surface area contributed by atoms with Gasteiger partial charge in [0.25, 0.3) is 0 Å². The van der Waals surface area contributed by atoms with Gasteiger partial charge in [-0.25, -0.2) is 4.39 Å². The second-order valence-corrected chi connectivity index (χ2v) is 6.79. The van der Waals surface area contributed by atoms with Gasteiger partial charge in [0.2, 0.25) is 0 Å². The highest BCUT2D eigenvalue weighted by Crippen LogP contribution is 2.38.